The van der Waals surface area contributed by atoms with E-state index in [1.807, 2.05) is 53.4 Å². The highest BCUT2D eigenvalue weighted by atomic mass is 16.7. The number of fused-ring (bicyclic) bond motifs is 2. The lowest BCUT2D eigenvalue weighted by Crippen LogP contribution is -2.36. The monoisotopic (exact) mass is 415 g/mol. The molecule has 7 heteroatoms. The first-order chi connectivity index (χ1) is 15.2. The van der Waals surface area contributed by atoms with E-state index in [9.17, 15) is 9.59 Å². The zero-order valence-corrected chi connectivity index (χ0v) is 16.8. The quantitative estimate of drug-likeness (QED) is 0.670. The van der Waals surface area contributed by atoms with Gasteiger partial charge in [0.05, 0.1) is 0 Å². The van der Waals surface area contributed by atoms with Crippen LogP contribution in [0.25, 0.3) is 0 Å². The summed E-state index contributed by atoms with van der Waals surface area (Å²) in [6.07, 6.45) is 0.789. The van der Waals surface area contributed by atoms with Crippen LogP contribution in [0.4, 0.5) is 16.2 Å². The molecule has 3 aromatic carbocycles. The van der Waals surface area contributed by atoms with Crippen LogP contribution in [0.2, 0.25) is 0 Å². The van der Waals surface area contributed by atoms with E-state index in [1.54, 1.807) is 18.2 Å². The van der Waals surface area contributed by atoms with E-state index in [4.69, 9.17) is 9.47 Å². The molecule has 7 nitrogen and oxygen atoms in total. The van der Waals surface area contributed by atoms with Gasteiger partial charge in [-0.2, -0.15) is 0 Å². The van der Waals surface area contributed by atoms with Gasteiger partial charge in [-0.25, -0.2) is 4.79 Å². The summed E-state index contributed by atoms with van der Waals surface area (Å²) in [5.74, 6) is 1.29. The molecular weight excluding hydrogens is 394 g/mol. The average molecular weight is 415 g/mol. The van der Waals surface area contributed by atoms with Gasteiger partial charge in [0.2, 0.25) is 6.79 Å². The summed E-state index contributed by atoms with van der Waals surface area (Å²) in [7, 11) is 0. The third-order valence-corrected chi connectivity index (χ3v) is 5.41. The van der Waals surface area contributed by atoms with Crippen LogP contribution < -0.4 is 20.1 Å². The van der Waals surface area contributed by atoms with Crippen molar-refractivity contribution in [2.24, 2.45) is 0 Å². The topological polar surface area (TPSA) is 79.9 Å². The maximum absolute atomic E-state index is 12.8. The van der Waals surface area contributed by atoms with E-state index in [0.717, 1.165) is 12.0 Å². The van der Waals surface area contributed by atoms with Crippen molar-refractivity contribution in [3.8, 4) is 11.5 Å². The highest BCUT2D eigenvalue weighted by Crippen LogP contribution is 2.34. The second-order valence-corrected chi connectivity index (χ2v) is 7.47. The number of anilines is 2. The molecule has 31 heavy (non-hydrogen) atoms. The average Bonchev–Trinajstić information content (AvgIpc) is 3.26. The molecule has 0 saturated heterocycles. The molecule has 0 aliphatic carbocycles. The van der Waals surface area contributed by atoms with Crippen molar-refractivity contribution in [1.29, 1.82) is 0 Å². The molecule has 0 aromatic heterocycles. The third kappa shape index (κ3) is 4.02. The Morgan fingerprint density at radius 2 is 1.55 bits per heavy atom. The number of amides is 3. The zero-order chi connectivity index (χ0) is 21.2. The summed E-state index contributed by atoms with van der Waals surface area (Å²) in [6.45, 7) is 1.38. The SMILES string of the molecule is O=C(Nc1ccc2c(c1)CN(C(=O)c1ccccc1)CC2)Nc1ccc2c(c1)OCO2. The Morgan fingerprint density at radius 3 is 2.39 bits per heavy atom. The molecule has 156 valence electrons. The molecule has 0 bridgehead atoms. The molecule has 0 atom stereocenters. The van der Waals surface area contributed by atoms with Crippen molar-refractivity contribution in [2.45, 2.75) is 13.0 Å². The third-order valence-electron chi connectivity index (χ3n) is 5.41. The first-order valence-corrected chi connectivity index (χ1v) is 10.1. The number of nitrogens with one attached hydrogen (secondary N) is 2. The molecule has 0 radical (unpaired) electrons. The number of nitrogens with zero attached hydrogens (tertiary/aromatic N) is 1. The van der Waals surface area contributed by atoms with Crippen molar-refractivity contribution in [3.05, 3.63) is 83.4 Å². The van der Waals surface area contributed by atoms with E-state index in [0.29, 0.717) is 41.5 Å². The molecule has 2 aliphatic heterocycles. The van der Waals surface area contributed by atoms with Crippen LogP contribution in [0.5, 0.6) is 11.5 Å². The van der Waals surface area contributed by atoms with E-state index < -0.39 is 0 Å². The summed E-state index contributed by atoms with van der Waals surface area (Å²) < 4.78 is 10.6. The van der Waals surface area contributed by atoms with Gasteiger partial charge in [-0.1, -0.05) is 24.3 Å². The number of rotatable bonds is 3. The van der Waals surface area contributed by atoms with Gasteiger partial charge in [-0.15, -0.1) is 0 Å². The summed E-state index contributed by atoms with van der Waals surface area (Å²) in [5.41, 5.74) is 4.20. The second-order valence-electron chi connectivity index (χ2n) is 7.47. The Balaban J connectivity index is 1.26. The van der Waals surface area contributed by atoms with Crippen LogP contribution >= 0.6 is 0 Å². The van der Waals surface area contributed by atoms with Crippen molar-refractivity contribution < 1.29 is 19.1 Å². The standard InChI is InChI=1S/C24H21N3O4/c28-23(17-4-2-1-3-5-17)27-11-10-16-6-7-19(12-18(16)14-27)25-24(29)26-20-8-9-21-22(13-20)31-15-30-21/h1-9,12-13H,10-11,14-15H2,(H2,25,26,29). The van der Waals surface area contributed by atoms with Crippen molar-refractivity contribution in [3.63, 3.8) is 0 Å². The summed E-state index contributed by atoms with van der Waals surface area (Å²) in [6, 6.07) is 20.0. The highest BCUT2D eigenvalue weighted by Gasteiger charge is 2.22. The number of urea groups is 1. The van der Waals surface area contributed by atoms with E-state index in [1.165, 1.54) is 5.56 Å². The first-order valence-electron chi connectivity index (χ1n) is 10.1. The van der Waals surface area contributed by atoms with Crippen molar-refractivity contribution in [2.75, 3.05) is 24.0 Å². The molecule has 0 saturated carbocycles. The molecule has 5 rings (SSSR count). The molecule has 3 aromatic rings. The van der Waals surface area contributed by atoms with Gasteiger partial charge in [0, 0.05) is 36.1 Å². The van der Waals surface area contributed by atoms with Crippen LogP contribution in [-0.4, -0.2) is 30.2 Å². The van der Waals surface area contributed by atoms with Crippen LogP contribution in [0.3, 0.4) is 0 Å². The minimum Gasteiger partial charge on any atom is -0.454 e. The van der Waals surface area contributed by atoms with Gasteiger partial charge in [-0.05, 0) is 53.9 Å². The maximum Gasteiger partial charge on any atom is 0.323 e. The first kappa shape index (κ1) is 19.0. The summed E-state index contributed by atoms with van der Waals surface area (Å²) >= 11 is 0. The van der Waals surface area contributed by atoms with Crippen LogP contribution in [0, 0.1) is 0 Å². The molecule has 0 unspecified atom stereocenters. The Bertz CT molecular complexity index is 1150. The lowest BCUT2D eigenvalue weighted by Gasteiger charge is -2.29. The number of carbonyl (C=O) groups excluding carboxylic acids is 2. The van der Waals surface area contributed by atoms with Gasteiger partial charge >= 0.3 is 6.03 Å². The highest BCUT2D eigenvalue weighted by molar-refractivity contribution is 6.00. The van der Waals surface area contributed by atoms with Crippen LogP contribution in [0.15, 0.2) is 66.7 Å². The van der Waals surface area contributed by atoms with E-state index in [2.05, 4.69) is 10.6 Å². The number of benzene rings is 3. The number of hydrogen-bond acceptors (Lipinski definition) is 4. The molecular formula is C24H21N3O4. The minimum absolute atomic E-state index is 0.0187. The summed E-state index contributed by atoms with van der Waals surface area (Å²) in [4.78, 5) is 27.1. The molecule has 3 amide bonds. The van der Waals surface area contributed by atoms with Gasteiger partial charge in [0.1, 0.15) is 0 Å². The fourth-order valence-electron chi connectivity index (χ4n) is 3.84. The predicted molar refractivity (Wildman–Crippen MR) is 117 cm³/mol. The number of hydrogen-bond donors (Lipinski definition) is 2. The molecule has 2 heterocycles. The lowest BCUT2D eigenvalue weighted by molar-refractivity contribution is 0.0734. The largest absolute Gasteiger partial charge is 0.454 e. The molecule has 0 spiro atoms. The van der Waals surface area contributed by atoms with Gasteiger partial charge < -0.3 is 25.0 Å². The van der Waals surface area contributed by atoms with Gasteiger partial charge in [-0.3, -0.25) is 4.79 Å². The Hall–Kier alpha value is -4.00. The Morgan fingerprint density at radius 1 is 0.806 bits per heavy atom. The van der Waals surface area contributed by atoms with Crippen molar-refractivity contribution >= 4 is 23.3 Å². The lowest BCUT2D eigenvalue weighted by atomic mass is 9.98. The molecule has 0 fully saturated rings. The van der Waals surface area contributed by atoms with Gasteiger partial charge in [0.15, 0.2) is 11.5 Å². The Labute approximate surface area is 179 Å². The van der Waals surface area contributed by atoms with E-state index >= 15 is 0 Å². The van der Waals surface area contributed by atoms with Crippen LogP contribution in [-0.2, 0) is 13.0 Å². The van der Waals surface area contributed by atoms with Crippen LogP contribution in [0.1, 0.15) is 21.5 Å². The van der Waals surface area contributed by atoms with E-state index in [-0.39, 0.29) is 18.7 Å². The maximum atomic E-state index is 12.8. The fourth-order valence-corrected chi connectivity index (χ4v) is 3.84. The number of carbonyl (C=O) groups is 2. The minimum atomic E-state index is -0.355. The normalized spacial score (nSPS) is 14.0. The summed E-state index contributed by atoms with van der Waals surface area (Å²) in [5, 5.41) is 5.66. The second kappa shape index (κ2) is 8.02. The zero-order valence-electron chi connectivity index (χ0n) is 16.8. The van der Waals surface area contributed by atoms with Crippen molar-refractivity contribution in [1.82, 2.24) is 4.90 Å². The molecule has 2 N–H and O–H groups in total. The molecule has 2 aliphatic rings. The predicted octanol–water partition coefficient (Wildman–Crippen LogP) is 4.26. The Kier molecular flexibility index (Phi) is 4.92. The van der Waals surface area contributed by atoms with Gasteiger partial charge in [0.25, 0.3) is 5.91 Å². The number of ether oxygens (including phenoxy) is 2. The fraction of sp³-hybridized carbons (Fsp3) is 0.167. The smallest absolute Gasteiger partial charge is 0.323 e.